The highest BCUT2D eigenvalue weighted by Gasteiger charge is 2.35. The van der Waals surface area contributed by atoms with E-state index in [1.165, 1.54) is 23.1 Å². The second kappa shape index (κ2) is 12.0. The third-order valence-electron chi connectivity index (χ3n) is 6.48. The van der Waals surface area contributed by atoms with Crippen LogP contribution in [0.5, 0.6) is 5.75 Å². The van der Waals surface area contributed by atoms with Gasteiger partial charge in [-0.05, 0) is 52.0 Å². The summed E-state index contributed by atoms with van der Waals surface area (Å²) in [6.45, 7) is 9.46. The van der Waals surface area contributed by atoms with Crippen LogP contribution in [-0.4, -0.2) is 80.2 Å². The molecule has 3 amide bonds. The van der Waals surface area contributed by atoms with Gasteiger partial charge < -0.3 is 25.0 Å². The van der Waals surface area contributed by atoms with Crippen LogP contribution in [-0.2, 0) is 10.0 Å². The number of ether oxygens (including phenoxy) is 1. The zero-order valence-corrected chi connectivity index (χ0v) is 23.6. The molecule has 3 rings (SSSR count). The van der Waals surface area contributed by atoms with Crippen molar-refractivity contribution in [1.82, 2.24) is 15.1 Å². The van der Waals surface area contributed by atoms with Gasteiger partial charge in [-0.2, -0.15) is 0 Å². The lowest BCUT2D eigenvalue weighted by molar-refractivity contribution is 0.0369. The van der Waals surface area contributed by atoms with Crippen molar-refractivity contribution in [2.24, 2.45) is 5.92 Å². The lowest BCUT2D eigenvalue weighted by atomic mass is 9.99. The summed E-state index contributed by atoms with van der Waals surface area (Å²) in [5.74, 6) is -0.552. The minimum Gasteiger partial charge on any atom is -0.485 e. The molecule has 1 aliphatic heterocycles. The van der Waals surface area contributed by atoms with Crippen molar-refractivity contribution in [3.8, 4) is 5.75 Å². The van der Waals surface area contributed by atoms with E-state index in [0.29, 0.717) is 0 Å². The van der Waals surface area contributed by atoms with Gasteiger partial charge >= 0.3 is 6.03 Å². The predicted molar refractivity (Wildman–Crippen MR) is 146 cm³/mol. The van der Waals surface area contributed by atoms with Crippen LogP contribution in [0.3, 0.4) is 0 Å². The fourth-order valence-electron chi connectivity index (χ4n) is 4.17. The number of carbonyl (C=O) groups excluding carboxylic acids is 2. The second-order valence-corrected chi connectivity index (χ2v) is 11.9. The zero-order chi connectivity index (χ0) is 28.2. The van der Waals surface area contributed by atoms with Crippen LogP contribution < -0.4 is 14.8 Å². The molecule has 38 heavy (non-hydrogen) atoms. The predicted octanol–water partition coefficient (Wildman–Crippen LogP) is 3.07. The first kappa shape index (κ1) is 29.2. The quantitative estimate of drug-likeness (QED) is 0.467. The summed E-state index contributed by atoms with van der Waals surface area (Å²) in [5.41, 5.74) is 1.20. The Morgan fingerprint density at radius 2 is 1.84 bits per heavy atom. The molecule has 0 unspecified atom stereocenters. The van der Waals surface area contributed by atoms with E-state index in [9.17, 15) is 23.1 Å². The monoisotopic (exact) mass is 546 g/mol. The van der Waals surface area contributed by atoms with Gasteiger partial charge in [-0.15, -0.1) is 0 Å². The first-order valence-electron chi connectivity index (χ1n) is 12.7. The number of sulfonamides is 1. The maximum absolute atomic E-state index is 13.6. The third-order valence-corrected chi connectivity index (χ3v) is 7.86. The van der Waals surface area contributed by atoms with E-state index in [0.717, 1.165) is 5.56 Å². The minimum absolute atomic E-state index is 0.0531. The number of nitrogens with zero attached hydrogens (tertiary/aromatic N) is 2. The molecule has 11 heteroatoms. The molecule has 0 aliphatic carbocycles. The van der Waals surface area contributed by atoms with Gasteiger partial charge in [0.25, 0.3) is 15.9 Å². The maximum Gasteiger partial charge on any atom is 0.317 e. The highest BCUT2D eigenvalue weighted by Crippen LogP contribution is 2.36. The van der Waals surface area contributed by atoms with Gasteiger partial charge in [-0.3, -0.25) is 9.52 Å². The zero-order valence-electron chi connectivity index (χ0n) is 22.8. The number of carbonyl (C=O) groups is 2. The summed E-state index contributed by atoms with van der Waals surface area (Å²) in [6, 6.07) is 10.3. The van der Waals surface area contributed by atoms with Gasteiger partial charge in [-0.25, -0.2) is 13.2 Å². The van der Waals surface area contributed by atoms with Crippen molar-refractivity contribution in [2.45, 2.75) is 57.7 Å². The van der Waals surface area contributed by atoms with Crippen LogP contribution in [0.25, 0.3) is 0 Å². The molecule has 0 saturated heterocycles. The molecule has 1 aliphatic rings. The Morgan fingerprint density at radius 1 is 1.18 bits per heavy atom. The van der Waals surface area contributed by atoms with Gasteiger partial charge in [0.2, 0.25) is 0 Å². The molecule has 208 valence electrons. The van der Waals surface area contributed by atoms with Gasteiger partial charge in [0, 0.05) is 25.6 Å². The number of anilines is 1. The van der Waals surface area contributed by atoms with Gasteiger partial charge in [-0.1, -0.05) is 30.7 Å². The van der Waals surface area contributed by atoms with E-state index in [4.69, 9.17) is 4.74 Å². The molecule has 0 spiro atoms. The normalized spacial score (nSPS) is 18.6. The molecule has 1 heterocycles. The molecule has 0 radical (unpaired) electrons. The summed E-state index contributed by atoms with van der Waals surface area (Å²) in [5, 5.41) is 12.7. The van der Waals surface area contributed by atoms with Crippen LogP contribution in [0.1, 0.15) is 43.6 Å². The molecular formula is C27H38N4O6S. The van der Waals surface area contributed by atoms with Crippen molar-refractivity contribution in [3.63, 3.8) is 0 Å². The SMILES string of the molecule is Cc1ccc(S(=O)(=O)Nc2cccc3c2O[C@@H](CN(C)C(=O)NC(C)C)[C@H](C)CN([C@H](C)CO)C3=O)cc1. The molecule has 3 N–H and O–H groups in total. The van der Waals surface area contributed by atoms with E-state index in [-0.39, 0.29) is 65.5 Å². The fraction of sp³-hybridized carbons (Fsp3) is 0.481. The second-order valence-electron chi connectivity index (χ2n) is 10.2. The summed E-state index contributed by atoms with van der Waals surface area (Å²) in [7, 11) is -2.34. The summed E-state index contributed by atoms with van der Waals surface area (Å²) >= 11 is 0. The Labute approximate surface area is 225 Å². The number of aliphatic hydroxyl groups is 1. The van der Waals surface area contributed by atoms with Crippen molar-refractivity contribution < 1.29 is 27.9 Å². The molecule has 0 aromatic heterocycles. The molecule has 2 aromatic rings. The molecule has 0 fully saturated rings. The largest absolute Gasteiger partial charge is 0.485 e. The average Bonchev–Trinajstić information content (AvgIpc) is 2.85. The Balaban J connectivity index is 2.05. The van der Waals surface area contributed by atoms with Crippen molar-refractivity contribution in [3.05, 3.63) is 53.6 Å². The number of aliphatic hydroxyl groups excluding tert-OH is 1. The van der Waals surface area contributed by atoms with Crippen LogP contribution in [0.2, 0.25) is 0 Å². The van der Waals surface area contributed by atoms with Crippen LogP contribution in [0.4, 0.5) is 10.5 Å². The minimum atomic E-state index is -3.99. The van der Waals surface area contributed by atoms with E-state index in [1.54, 1.807) is 43.1 Å². The Morgan fingerprint density at radius 3 is 2.45 bits per heavy atom. The number of aryl methyl sites for hydroxylation is 1. The van der Waals surface area contributed by atoms with E-state index in [2.05, 4.69) is 10.0 Å². The molecular weight excluding hydrogens is 508 g/mol. The van der Waals surface area contributed by atoms with Gasteiger partial charge in [0.15, 0.2) is 5.75 Å². The smallest absolute Gasteiger partial charge is 0.317 e. The van der Waals surface area contributed by atoms with Crippen LogP contribution in [0, 0.1) is 12.8 Å². The third kappa shape index (κ3) is 6.76. The summed E-state index contributed by atoms with van der Waals surface area (Å²) < 4.78 is 35.4. The average molecular weight is 547 g/mol. The molecule has 3 atom stereocenters. The Kier molecular flexibility index (Phi) is 9.26. The van der Waals surface area contributed by atoms with Crippen molar-refractivity contribution in [2.75, 3.05) is 31.5 Å². The number of hydrogen-bond acceptors (Lipinski definition) is 6. The molecule has 10 nitrogen and oxygen atoms in total. The number of para-hydroxylation sites is 1. The number of likely N-dealkylation sites (N-methyl/N-ethyl adjacent to an activating group) is 1. The number of benzene rings is 2. The highest BCUT2D eigenvalue weighted by molar-refractivity contribution is 7.92. The summed E-state index contributed by atoms with van der Waals surface area (Å²) in [4.78, 5) is 29.3. The molecule has 0 saturated carbocycles. The van der Waals surface area contributed by atoms with Crippen LogP contribution >= 0.6 is 0 Å². The number of fused-ring (bicyclic) bond motifs is 1. The first-order valence-corrected chi connectivity index (χ1v) is 14.1. The molecule has 0 bridgehead atoms. The lowest BCUT2D eigenvalue weighted by Gasteiger charge is -2.38. The van der Waals surface area contributed by atoms with E-state index < -0.39 is 22.2 Å². The summed E-state index contributed by atoms with van der Waals surface area (Å²) in [6.07, 6.45) is -0.580. The van der Waals surface area contributed by atoms with Gasteiger partial charge in [0.1, 0.15) is 6.10 Å². The highest BCUT2D eigenvalue weighted by atomic mass is 32.2. The first-order chi connectivity index (χ1) is 17.8. The Bertz CT molecular complexity index is 1250. The van der Waals surface area contributed by atoms with Crippen molar-refractivity contribution >= 4 is 27.6 Å². The van der Waals surface area contributed by atoms with Crippen LogP contribution in [0.15, 0.2) is 47.4 Å². The lowest BCUT2D eigenvalue weighted by Crippen LogP contribution is -2.51. The maximum atomic E-state index is 13.6. The number of amides is 3. The topological polar surface area (TPSA) is 128 Å². The van der Waals surface area contributed by atoms with E-state index in [1.807, 2.05) is 27.7 Å². The van der Waals surface area contributed by atoms with Gasteiger partial charge in [0.05, 0.1) is 35.3 Å². The molecule has 2 aromatic carbocycles. The van der Waals surface area contributed by atoms with E-state index >= 15 is 0 Å². The number of urea groups is 1. The number of hydrogen-bond donors (Lipinski definition) is 3. The number of rotatable bonds is 8. The Hall–Kier alpha value is -3.31. The van der Waals surface area contributed by atoms with Crippen molar-refractivity contribution in [1.29, 1.82) is 0 Å². The fourth-order valence-corrected chi connectivity index (χ4v) is 5.24. The standard InChI is InChI=1S/C27H38N4O6S/c1-17(2)28-27(34)30(6)15-24-19(4)14-31(20(5)16-32)26(33)22-8-7-9-23(25(22)37-24)29-38(35,36)21-12-10-18(3)11-13-21/h7-13,17,19-20,24,29,32H,14-16H2,1-6H3,(H,28,34)/t19-,20-,24+/m1/s1. The number of nitrogens with one attached hydrogen (secondary N) is 2.